The molecule has 89 heavy (non-hydrogen) atoms. The van der Waals surface area contributed by atoms with Gasteiger partial charge in [-0.1, -0.05) is 199 Å². The van der Waals surface area contributed by atoms with Crippen LogP contribution in [0.25, 0.3) is 89.6 Å². The molecule has 12 aromatic carbocycles. The van der Waals surface area contributed by atoms with Crippen LogP contribution in [-0.4, -0.2) is 9.97 Å². The second-order valence-corrected chi connectivity index (χ2v) is 25.8. The molecule has 0 unspecified atom stereocenters. The number of aromatic nitrogens is 2. The molecule has 0 saturated carbocycles. The summed E-state index contributed by atoms with van der Waals surface area (Å²) in [7, 11) is 0. The molecular weight excluding hydrogens is 1080 g/mol. The van der Waals surface area contributed by atoms with Gasteiger partial charge < -0.3 is 18.6 Å². The fourth-order valence-corrected chi connectivity index (χ4v) is 13.7. The Kier molecular flexibility index (Phi) is 12.5. The van der Waals surface area contributed by atoms with E-state index in [-0.39, 0.29) is 10.8 Å². The van der Waals surface area contributed by atoms with Gasteiger partial charge in [0.25, 0.3) is 0 Å². The van der Waals surface area contributed by atoms with E-state index in [1.807, 2.05) is 48.5 Å². The summed E-state index contributed by atoms with van der Waals surface area (Å²) in [6.07, 6.45) is 0. The number of nitrogens with zero attached hydrogens (tertiary/aromatic N) is 4. The first kappa shape index (κ1) is 53.6. The first-order chi connectivity index (χ1) is 43.3. The molecule has 0 fully saturated rings. The Labute approximate surface area is 519 Å². The lowest BCUT2D eigenvalue weighted by molar-refractivity contribution is 0.586. The molecule has 0 N–H and O–H groups in total. The average molecular weight is 1150 g/mol. The van der Waals surface area contributed by atoms with E-state index < -0.39 is 5.41 Å². The van der Waals surface area contributed by atoms with Crippen LogP contribution in [0.2, 0.25) is 0 Å². The van der Waals surface area contributed by atoms with Crippen LogP contribution >= 0.6 is 0 Å². The lowest BCUT2D eigenvalue weighted by atomic mass is 9.68. The van der Waals surface area contributed by atoms with Gasteiger partial charge in [-0.15, -0.1) is 0 Å². The van der Waals surface area contributed by atoms with Crippen molar-refractivity contribution in [3.8, 4) is 67.4 Å². The number of hydrogen-bond donors (Lipinski definition) is 0. The second kappa shape index (κ2) is 20.7. The number of para-hydroxylation sites is 4. The summed E-state index contributed by atoms with van der Waals surface area (Å²) in [5.41, 5.74) is 27.5. The topological polar surface area (TPSA) is 58.5 Å². The molecule has 2 aromatic heterocycles. The average Bonchev–Trinajstić information content (AvgIpc) is 1.51. The molecule has 2 aliphatic carbocycles. The molecule has 2 aliphatic rings. The Morgan fingerprint density at radius 1 is 0.281 bits per heavy atom. The highest BCUT2D eigenvalue weighted by molar-refractivity contribution is 5.98. The number of rotatable bonds is 10. The lowest BCUT2D eigenvalue weighted by Gasteiger charge is -2.34. The summed E-state index contributed by atoms with van der Waals surface area (Å²) in [4.78, 5) is 14.6. The Bertz CT molecular complexity index is 4620. The van der Waals surface area contributed by atoms with Crippen molar-refractivity contribution in [1.29, 1.82) is 0 Å². The summed E-state index contributed by atoms with van der Waals surface area (Å²) in [6, 6.07) is 102. The predicted octanol–water partition coefficient (Wildman–Crippen LogP) is 22.5. The van der Waals surface area contributed by atoms with Crippen molar-refractivity contribution in [2.24, 2.45) is 0 Å². The molecule has 1 spiro atoms. The Hall–Kier alpha value is -10.8. The van der Waals surface area contributed by atoms with Crippen LogP contribution in [0, 0.1) is 0 Å². The third-order valence-corrected chi connectivity index (χ3v) is 18.3. The molecule has 428 valence electrons. The first-order valence-corrected chi connectivity index (χ1v) is 30.8. The van der Waals surface area contributed by atoms with Gasteiger partial charge in [-0.2, -0.15) is 0 Å². The summed E-state index contributed by atoms with van der Waals surface area (Å²) in [5.74, 6) is 1.19. The number of oxazole rings is 2. The van der Waals surface area contributed by atoms with Gasteiger partial charge in [0.05, 0.1) is 5.41 Å². The summed E-state index contributed by atoms with van der Waals surface area (Å²) in [6.45, 7) is 14.0. The molecule has 0 radical (unpaired) electrons. The van der Waals surface area contributed by atoms with E-state index in [9.17, 15) is 0 Å². The van der Waals surface area contributed by atoms with Crippen molar-refractivity contribution in [1.82, 2.24) is 9.97 Å². The van der Waals surface area contributed by atoms with Crippen molar-refractivity contribution < 1.29 is 8.83 Å². The van der Waals surface area contributed by atoms with Crippen molar-refractivity contribution in [2.75, 3.05) is 9.80 Å². The molecule has 6 heteroatoms. The van der Waals surface area contributed by atoms with E-state index in [0.717, 1.165) is 78.6 Å². The Morgan fingerprint density at radius 2 is 0.573 bits per heavy atom. The van der Waals surface area contributed by atoms with E-state index in [2.05, 4.69) is 282 Å². The highest BCUT2D eigenvalue weighted by atomic mass is 16.4. The van der Waals surface area contributed by atoms with E-state index in [4.69, 9.17) is 18.8 Å². The molecule has 0 amide bonds. The highest BCUT2D eigenvalue weighted by Gasteiger charge is 2.53. The second-order valence-electron chi connectivity index (χ2n) is 25.8. The number of anilines is 6. The Balaban J connectivity index is 0.918. The maximum atomic E-state index is 6.32. The quantitative estimate of drug-likeness (QED) is 0.136. The van der Waals surface area contributed by atoms with E-state index in [0.29, 0.717) is 11.8 Å². The van der Waals surface area contributed by atoms with Gasteiger partial charge in [-0.3, -0.25) is 0 Å². The van der Waals surface area contributed by atoms with E-state index in [1.165, 1.54) is 66.8 Å². The zero-order chi connectivity index (χ0) is 60.2. The molecule has 2 heterocycles. The first-order valence-electron chi connectivity index (χ1n) is 30.8. The van der Waals surface area contributed by atoms with Crippen molar-refractivity contribution in [3.63, 3.8) is 0 Å². The third-order valence-electron chi connectivity index (χ3n) is 18.3. The van der Waals surface area contributed by atoms with Crippen molar-refractivity contribution in [3.05, 3.63) is 312 Å². The standard InChI is InChI=1S/C83H64N4O2/c1-81(2,3)59-33-45-67-68-46-34-60(82(4,5)6)50-72(68)83(71(67)49-59)73-51-65(86(61-35-25-55(26-36-61)53-17-9-7-10-18-53)63-39-29-57(30-40-63)79-84-75-21-13-15-23-77(75)88-79)43-47-69(73)70-48-44-66(52-74(70)83)87(62-37-27-56(28-38-62)54-19-11-8-12-20-54)64-41-31-58(32-42-64)80-85-76-22-14-16-24-78(76)89-80/h7-52H,1-6H3. The molecule has 0 aliphatic heterocycles. The van der Waals surface area contributed by atoms with Crippen LogP contribution in [0.1, 0.15) is 74.9 Å². The largest absolute Gasteiger partial charge is 0.436 e. The van der Waals surface area contributed by atoms with Gasteiger partial charge in [0.2, 0.25) is 11.8 Å². The highest BCUT2D eigenvalue weighted by Crippen LogP contribution is 2.65. The minimum absolute atomic E-state index is 0.130. The molecule has 0 saturated heterocycles. The van der Waals surface area contributed by atoms with Crippen LogP contribution in [0.15, 0.2) is 288 Å². The van der Waals surface area contributed by atoms with E-state index >= 15 is 0 Å². The van der Waals surface area contributed by atoms with Crippen molar-refractivity contribution in [2.45, 2.75) is 57.8 Å². The van der Waals surface area contributed by atoms with Crippen molar-refractivity contribution >= 4 is 56.3 Å². The number of fused-ring (bicyclic) bond motifs is 12. The fraction of sp³-hybridized carbons (Fsp3) is 0.108. The molecule has 14 aromatic rings. The molecule has 16 rings (SSSR count). The third kappa shape index (κ3) is 9.08. The smallest absolute Gasteiger partial charge is 0.227 e. The number of benzene rings is 12. The van der Waals surface area contributed by atoms with Crippen LogP contribution in [0.4, 0.5) is 34.1 Å². The van der Waals surface area contributed by atoms with Gasteiger partial charge in [0.1, 0.15) is 11.0 Å². The van der Waals surface area contributed by atoms with Crippen LogP contribution < -0.4 is 9.80 Å². The SMILES string of the molecule is CC(C)(C)c1ccc2c(c1)C1(c3cc(N(c4ccc(-c5ccccc5)cc4)c4ccc(-c5nc6ccccc6o5)cc4)ccc3-c3ccc(N(c4ccc(-c5ccccc5)cc4)c4ccc(-c5nc6ccccc6o5)cc4)cc31)c1cc(C(C)(C)C)ccc1-2. The maximum Gasteiger partial charge on any atom is 0.227 e. The zero-order valence-electron chi connectivity index (χ0n) is 50.7. The van der Waals surface area contributed by atoms with Gasteiger partial charge in [0.15, 0.2) is 11.2 Å². The molecule has 0 atom stereocenters. The lowest BCUT2D eigenvalue weighted by Crippen LogP contribution is -2.28. The van der Waals surface area contributed by atoms with Crippen LogP contribution in [0.3, 0.4) is 0 Å². The summed E-state index contributed by atoms with van der Waals surface area (Å²) in [5, 5.41) is 0. The minimum Gasteiger partial charge on any atom is -0.436 e. The minimum atomic E-state index is -0.747. The maximum absolute atomic E-state index is 6.32. The molecular formula is C83H64N4O2. The van der Waals surface area contributed by atoms with Gasteiger partial charge >= 0.3 is 0 Å². The van der Waals surface area contributed by atoms with Crippen LogP contribution in [-0.2, 0) is 16.2 Å². The van der Waals surface area contributed by atoms with Gasteiger partial charge in [0, 0.05) is 45.3 Å². The zero-order valence-corrected chi connectivity index (χ0v) is 50.7. The molecule has 0 bridgehead atoms. The monoisotopic (exact) mass is 1150 g/mol. The predicted molar refractivity (Wildman–Crippen MR) is 366 cm³/mol. The molecule has 6 nitrogen and oxygen atoms in total. The van der Waals surface area contributed by atoms with Gasteiger partial charge in [-0.25, -0.2) is 9.97 Å². The fourth-order valence-electron chi connectivity index (χ4n) is 13.7. The summed E-state index contributed by atoms with van der Waals surface area (Å²) >= 11 is 0. The normalized spacial score (nSPS) is 12.9. The van der Waals surface area contributed by atoms with Gasteiger partial charge in [-0.05, 0) is 210 Å². The van der Waals surface area contributed by atoms with E-state index in [1.54, 1.807) is 0 Å². The number of hydrogen-bond acceptors (Lipinski definition) is 6. The summed E-state index contributed by atoms with van der Waals surface area (Å²) < 4.78 is 12.6. The Morgan fingerprint density at radius 3 is 0.921 bits per heavy atom. The van der Waals surface area contributed by atoms with Crippen LogP contribution in [0.5, 0.6) is 0 Å².